The van der Waals surface area contributed by atoms with E-state index in [0.29, 0.717) is 13.1 Å². The van der Waals surface area contributed by atoms with Gasteiger partial charge in [-0.15, -0.1) is 0 Å². The summed E-state index contributed by atoms with van der Waals surface area (Å²) in [4.78, 5) is 33.1. The zero-order valence-corrected chi connectivity index (χ0v) is 11.9. The lowest BCUT2D eigenvalue weighted by Crippen LogP contribution is -2.41. The standard InChI is InChI=1S/C12H23N3O5/c1-9(16)19-8-11(20-10(2)17)6-15-12(18)7-14-5-3-4-13/h11,14H,3-8,13H2,1-2H3,(H,15,18). The van der Waals surface area contributed by atoms with E-state index in [1.165, 1.54) is 13.8 Å². The SMILES string of the molecule is CC(=O)OCC(CNC(=O)CNCCCN)OC(C)=O. The topological polar surface area (TPSA) is 120 Å². The van der Waals surface area contributed by atoms with Crippen LogP contribution >= 0.6 is 0 Å². The third-order valence-corrected chi connectivity index (χ3v) is 2.18. The molecular formula is C12H23N3O5. The summed E-state index contributed by atoms with van der Waals surface area (Å²) in [5, 5.41) is 5.50. The van der Waals surface area contributed by atoms with E-state index in [1.54, 1.807) is 0 Å². The number of hydrogen-bond donors (Lipinski definition) is 3. The third kappa shape index (κ3) is 11.4. The molecule has 8 nitrogen and oxygen atoms in total. The molecule has 20 heavy (non-hydrogen) atoms. The van der Waals surface area contributed by atoms with Crippen molar-refractivity contribution in [3.63, 3.8) is 0 Å². The molecule has 0 aliphatic rings. The Morgan fingerprint density at radius 1 is 1.20 bits per heavy atom. The quantitative estimate of drug-likeness (QED) is 0.332. The minimum absolute atomic E-state index is 0.0875. The molecule has 0 aliphatic heterocycles. The zero-order chi connectivity index (χ0) is 15.4. The normalized spacial score (nSPS) is 11.6. The molecule has 0 aromatic rings. The summed E-state index contributed by atoms with van der Waals surface area (Å²) in [5.41, 5.74) is 5.32. The monoisotopic (exact) mass is 289 g/mol. The number of carbonyl (C=O) groups excluding carboxylic acids is 3. The zero-order valence-electron chi connectivity index (χ0n) is 11.9. The molecule has 0 radical (unpaired) electrons. The maximum atomic E-state index is 11.5. The molecular weight excluding hydrogens is 266 g/mol. The van der Waals surface area contributed by atoms with Gasteiger partial charge in [-0.3, -0.25) is 14.4 Å². The van der Waals surface area contributed by atoms with E-state index in [-0.39, 0.29) is 25.6 Å². The van der Waals surface area contributed by atoms with Crippen LogP contribution in [0.5, 0.6) is 0 Å². The highest BCUT2D eigenvalue weighted by Crippen LogP contribution is 1.94. The van der Waals surface area contributed by atoms with Gasteiger partial charge in [0.15, 0.2) is 6.10 Å². The molecule has 0 aromatic heterocycles. The fourth-order valence-corrected chi connectivity index (χ4v) is 1.30. The van der Waals surface area contributed by atoms with Crippen LogP contribution in [0.3, 0.4) is 0 Å². The molecule has 116 valence electrons. The van der Waals surface area contributed by atoms with E-state index >= 15 is 0 Å². The minimum atomic E-state index is -0.690. The van der Waals surface area contributed by atoms with Gasteiger partial charge < -0.3 is 25.8 Å². The highest BCUT2D eigenvalue weighted by molar-refractivity contribution is 5.78. The minimum Gasteiger partial charge on any atom is -0.462 e. The number of ether oxygens (including phenoxy) is 2. The third-order valence-electron chi connectivity index (χ3n) is 2.18. The Kier molecular flexibility index (Phi) is 10.2. The molecule has 1 atom stereocenters. The number of rotatable bonds is 10. The number of hydrogen-bond acceptors (Lipinski definition) is 7. The Bertz CT molecular complexity index is 322. The van der Waals surface area contributed by atoms with Gasteiger partial charge in [0, 0.05) is 13.8 Å². The molecule has 0 fully saturated rings. The van der Waals surface area contributed by atoms with Gasteiger partial charge in [0.25, 0.3) is 0 Å². The van der Waals surface area contributed by atoms with Crippen LogP contribution in [-0.4, -0.2) is 56.7 Å². The van der Waals surface area contributed by atoms with Crippen LogP contribution in [-0.2, 0) is 23.9 Å². The predicted molar refractivity (Wildman–Crippen MR) is 71.7 cm³/mol. The van der Waals surface area contributed by atoms with E-state index in [0.717, 1.165) is 6.42 Å². The summed E-state index contributed by atoms with van der Waals surface area (Å²) in [6, 6.07) is 0. The van der Waals surface area contributed by atoms with Crippen LogP contribution in [0, 0.1) is 0 Å². The highest BCUT2D eigenvalue weighted by atomic mass is 16.6. The van der Waals surface area contributed by atoms with Gasteiger partial charge in [0.1, 0.15) is 6.61 Å². The molecule has 0 spiro atoms. The number of amides is 1. The number of esters is 2. The Hall–Kier alpha value is -1.67. The van der Waals surface area contributed by atoms with Gasteiger partial charge in [0.2, 0.25) is 5.91 Å². The van der Waals surface area contributed by atoms with Crippen LogP contribution < -0.4 is 16.4 Å². The first-order valence-electron chi connectivity index (χ1n) is 6.43. The molecule has 1 unspecified atom stereocenters. The van der Waals surface area contributed by atoms with Gasteiger partial charge in [0.05, 0.1) is 13.1 Å². The Balaban J connectivity index is 3.94. The lowest BCUT2D eigenvalue weighted by molar-refractivity contribution is -0.156. The summed E-state index contributed by atoms with van der Waals surface area (Å²) >= 11 is 0. The van der Waals surface area contributed by atoms with Crippen molar-refractivity contribution in [2.45, 2.75) is 26.4 Å². The second kappa shape index (κ2) is 11.2. The summed E-state index contributed by atoms with van der Waals surface area (Å²) in [6.07, 6.45) is 0.0971. The van der Waals surface area contributed by atoms with Crippen molar-refractivity contribution in [2.24, 2.45) is 5.73 Å². The van der Waals surface area contributed by atoms with E-state index in [2.05, 4.69) is 10.6 Å². The van der Waals surface area contributed by atoms with E-state index in [1.807, 2.05) is 0 Å². The largest absolute Gasteiger partial charge is 0.462 e. The van der Waals surface area contributed by atoms with Crippen molar-refractivity contribution in [1.82, 2.24) is 10.6 Å². The summed E-state index contributed by atoms with van der Waals surface area (Å²) < 4.78 is 9.68. The van der Waals surface area contributed by atoms with E-state index in [4.69, 9.17) is 15.2 Å². The summed E-state index contributed by atoms with van der Waals surface area (Å²) in [6.45, 7) is 3.87. The van der Waals surface area contributed by atoms with Crippen LogP contribution in [0.25, 0.3) is 0 Å². The van der Waals surface area contributed by atoms with Crippen molar-refractivity contribution in [3.05, 3.63) is 0 Å². The van der Waals surface area contributed by atoms with Gasteiger partial charge in [-0.2, -0.15) is 0 Å². The van der Waals surface area contributed by atoms with Crippen molar-refractivity contribution in [1.29, 1.82) is 0 Å². The van der Waals surface area contributed by atoms with E-state index < -0.39 is 18.0 Å². The lowest BCUT2D eigenvalue weighted by atomic mass is 10.3. The van der Waals surface area contributed by atoms with Gasteiger partial charge in [-0.1, -0.05) is 0 Å². The maximum absolute atomic E-state index is 11.5. The maximum Gasteiger partial charge on any atom is 0.303 e. The molecule has 8 heteroatoms. The van der Waals surface area contributed by atoms with Gasteiger partial charge >= 0.3 is 11.9 Å². The first-order chi connectivity index (χ1) is 9.45. The predicted octanol–water partition coefficient (Wildman–Crippen LogP) is -1.46. The number of nitrogens with one attached hydrogen (secondary N) is 2. The van der Waals surface area contributed by atoms with Gasteiger partial charge in [-0.25, -0.2) is 0 Å². The number of carbonyl (C=O) groups is 3. The van der Waals surface area contributed by atoms with Crippen LogP contribution in [0.4, 0.5) is 0 Å². The Morgan fingerprint density at radius 2 is 1.90 bits per heavy atom. The second-order valence-electron chi connectivity index (χ2n) is 4.16. The van der Waals surface area contributed by atoms with Gasteiger partial charge in [-0.05, 0) is 19.5 Å². The first-order valence-corrected chi connectivity index (χ1v) is 6.43. The molecule has 0 heterocycles. The van der Waals surface area contributed by atoms with Crippen molar-refractivity contribution < 1.29 is 23.9 Å². The molecule has 0 rings (SSSR count). The second-order valence-corrected chi connectivity index (χ2v) is 4.16. The Labute approximate surface area is 118 Å². The number of nitrogens with two attached hydrogens (primary N) is 1. The average Bonchev–Trinajstić information content (AvgIpc) is 2.37. The van der Waals surface area contributed by atoms with Crippen molar-refractivity contribution >= 4 is 17.8 Å². The average molecular weight is 289 g/mol. The fourth-order valence-electron chi connectivity index (χ4n) is 1.30. The first kappa shape index (κ1) is 18.3. The van der Waals surface area contributed by atoms with E-state index in [9.17, 15) is 14.4 Å². The molecule has 0 bridgehead atoms. The lowest BCUT2D eigenvalue weighted by Gasteiger charge is -2.17. The van der Waals surface area contributed by atoms with Crippen molar-refractivity contribution in [2.75, 3.05) is 32.8 Å². The smallest absolute Gasteiger partial charge is 0.303 e. The summed E-state index contributed by atoms with van der Waals surface area (Å²) in [7, 11) is 0. The Morgan fingerprint density at radius 3 is 2.45 bits per heavy atom. The molecule has 4 N–H and O–H groups in total. The fraction of sp³-hybridized carbons (Fsp3) is 0.750. The molecule has 0 saturated heterocycles. The highest BCUT2D eigenvalue weighted by Gasteiger charge is 2.15. The van der Waals surface area contributed by atoms with Crippen LogP contribution in [0.2, 0.25) is 0 Å². The van der Waals surface area contributed by atoms with Crippen LogP contribution in [0.15, 0.2) is 0 Å². The molecule has 0 aliphatic carbocycles. The molecule has 1 amide bonds. The van der Waals surface area contributed by atoms with Crippen LogP contribution in [0.1, 0.15) is 20.3 Å². The summed E-state index contributed by atoms with van der Waals surface area (Å²) in [5.74, 6) is -1.21. The van der Waals surface area contributed by atoms with Crippen molar-refractivity contribution in [3.8, 4) is 0 Å². The molecule has 0 saturated carbocycles. The molecule has 0 aromatic carbocycles.